The van der Waals surface area contributed by atoms with Crippen molar-refractivity contribution in [3.05, 3.63) is 52.1 Å². The van der Waals surface area contributed by atoms with E-state index in [4.69, 9.17) is 16.6 Å². The lowest BCUT2D eigenvalue weighted by Gasteiger charge is -2.17. The second-order valence-electron chi connectivity index (χ2n) is 7.47. The highest BCUT2D eigenvalue weighted by atomic mass is 16.4. The minimum absolute atomic E-state index is 0.0769. The van der Waals surface area contributed by atoms with Crippen LogP contribution in [0.25, 0.3) is 0 Å². The first-order valence-electron chi connectivity index (χ1n) is 10.6. The zero-order valence-electron chi connectivity index (χ0n) is 18.5. The zero-order chi connectivity index (χ0) is 25.1. The Balaban J connectivity index is 1.96. The van der Waals surface area contributed by atoms with E-state index in [1.165, 1.54) is 0 Å². The lowest BCUT2D eigenvalue weighted by atomic mass is 10.1. The average molecular weight is 476 g/mol. The molecule has 1 heterocycles. The number of hydrogen-bond donors (Lipinski definition) is 7. The Morgan fingerprint density at radius 2 is 1.85 bits per heavy atom. The average Bonchev–Trinajstić information content (AvgIpc) is 3.04. The van der Waals surface area contributed by atoms with Crippen LogP contribution in [0.5, 0.6) is 5.88 Å². The summed E-state index contributed by atoms with van der Waals surface area (Å²) >= 11 is 0. The van der Waals surface area contributed by atoms with Crippen LogP contribution in [0.1, 0.15) is 24.1 Å². The third-order valence-corrected chi connectivity index (χ3v) is 4.80. The molecule has 9 N–H and O–H groups in total. The first-order chi connectivity index (χ1) is 16.2. The summed E-state index contributed by atoms with van der Waals surface area (Å²) in [6, 6.07) is 8.01. The maximum atomic E-state index is 12.4. The van der Waals surface area contributed by atoms with Gasteiger partial charge in [0.25, 0.3) is 0 Å². The van der Waals surface area contributed by atoms with Gasteiger partial charge in [0.05, 0.1) is 12.1 Å². The molecule has 184 valence electrons. The maximum Gasteiger partial charge on any atom is 0.329 e. The molecule has 0 spiro atoms. The van der Waals surface area contributed by atoms with Crippen molar-refractivity contribution in [2.75, 3.05) is 13.1 Å². The molecule has 0 bridgehead atoms. The van der Waals surface area contributed by atoms with E-state index in [2.05, 4.69) is 20.6 Å². The monoisotopic (exact) mass is 475 g/mol. The second-order valence-corrected chi connectivity index (χ2v) is 7.47. The van der Waals surface area contributed by atoms with E-state index in [1.807, 2.05) is 30.3 Å². The topological polar surface area (TPSA) is 218 Å². The fraction of sp³-hybridized carbons (Fsp3) is 0.381. The fourth-order valence-electron chi connectivity index (χ4n) is 3.16. The molecule has 0 aliphatic heterocycles. The molecule has 0 aliphatic rings. The molecule has 34 heavy (non-hydrogen) atoms. The smallest absolute Gasteiger partial charge is 0.329 e. The Hall–Kier alpha value is -4.29. The molecular formula is C21H29N7O6. The van der Waals surface area contributed by atoms with Crippen LogP contribution in [0.2, 0.25) is 0 Å². The summed E-state index contributed by atoms with van der Waals surface area (Å²) in [6.45, 7) is -0.0791. The molecule has 13 nitrogen and oxygen atoms in total. The lowest BCUT2D eigenvalue weighted by Crippen LogP contribution is -2.49. The van der Waals surface area contributed by atoms with Gasteiger partial charge in [0.2, 0.25) is 17.7 Å². The number of amides is 2. The van der Waals surface area contributed by atoms with Crippen LogP contribution in [-0.2, 0) is 33.8 Å². The highest BCUT2D eigenvalue weighted by Crippen LogP contribution is 2.14. The van der Waals surface area contributed by atoms with Crippen LogP contribution < -0.4 is 27.8 Å². The number of guanidine groups is 1. The van der Waals surface area contributed by atoms with Crippen molar-refractivity contribution < 1.29 is 24.6 Å². The number of rotatable bonds is 13. The predicted octanol–water partition coefficient (Wildman–Crippen LogP) is -1.59. The van der Waals surface area contributed by atoms with Crippen LogP contribution in [0, 0.1) is 0 Å². The molecule has 2 aromatic rings. The molecule has 0 saturated carbocycles. The van der Waals surface area contributed by atoms with Crippen molar-refractivity contribution in [3.8, 4) is 5.88 Å². The number of aromatic hydroxyl groups is 1. The molecular weight excluding hydrogens is 446 g/mol. The molecule has 1 atom stereocenters. The van der Waals surface area contributed by atoms with Gasteiger partial charge in [0.15, 0.2) is 5.96 Å². The van der Waals surface area contributed by atoms with Gasteiger partial charge >= 0.3 is 11.7 Å². The van der Waals surface area contributed by atoms with Crippen LogP contribution in [0.15, 0.2) is 40.1 Å². The van der Waals surface area contributed by atoms with Gasteiger partial charge < -0.3 is 37.3 Å². The number of hydrogen-bond acceptors (Lipinski definition) is 6. The van der Waals surface area contributed by atoms with Crippen molar-refractivity contribution in [2.24, 2.45) is 16.5 Å². The number of nitrogens with one attached hydrogen (secondary N) is 3. The number of aryl methyl sites for hydroxylation is 1. The first-order valence-corrected chi connectivity index (χ1v) is 10.6. The Labute approximate surface area is 194 Å². The number of aromatic amines is 1. The Kier molecular flexibility index (Phi) is 9.68. The van der Waals surface area contributed by atoms with Gasteiger partial charge in [0, 0.05) is 13.1 Å². The standard InChI is InChI=1S/C21H29N7O6/c22-20(23)25-9-4-7-14-19(33)28(21(34)27-14)12-16(29)26-15(11-17(30)31)18(32)24-10-8-13-5-2-1-3-6-13/h1-3,5-6,15,33H,4,7-12H2,(H,24,32)(H,26,29)(H,27,34)(H,30,31)(H4,22,23,25)/t15-/m0/s1. The van der Waals surface area contributed by atoms with Gasteiger partial charge in [0.1, 0.15) is 12.6 Å². The van der Waals surface area contributed by atoms with E-state index in [9.17, 15) is 24.3 Å². The van der Waals surface area contributed by atoms with E-state index in [0.717, 1.165) is 10.1 Å². The highest BCUT2D eigenvalue weighted by Gasteiger charge is 2.24. The fourth-order valence-corrected chi connectivity index (χ4v) is 3.16. The Morgan fingerprint density at radius 1 is 1.15 bits per heavy atom. The number of imidazole rings is 1. The molecule has 2 amide bonds. The number of carboxylic acids is 1. The lowest BCUT2D eigenvalue weighted by molar-refractivity contribution is -0.140. The number of nitrogens with two attached hydrogens (primary N) is 2. The van der Waals surface area contributed by atoms with Gasteiger partial charge in [-0.15, -0.1) is 0 Å². The normalized spacial score (nSPS) is 11.4. The zero-order valence-corrected chi connectivity index (χ0v) is 18.5. The van der Waals surface area contributed by atoms with E-state index < -0.39 is 48.4 Å². The SMILES string of the molecule is NC(N)=NCCCc1[nH]c(=O)n(CC(=O)N[C@@H](CC(=O)O)C(=O)NCCc2ccccc2)c1O. The van der Waals surface area contributed by atoms with Gasteiger partial charge in [-0.25, -0.2) is 4.79 Å². The van der Waals surface area contributed by atoms with E-state index >= 15 is 0 Å². The number of aliphatic carboxylic acids is 1. The van der Waals surface area contributed by atoms with E-state index in [-0.39, 0.29) is 31.2 Å². The van der Waals surface area contributed by atoms with Gasteiger partial charge in [-0.1, -0.05) is 30.3 Å². The van der Waals surface area contributed by atoms with Gasteiger partial charge in [-0.05, 0) is 24.8 Å². The third kappa shape index (κ3) is 8.33. The van der Waals surface area contributed by atoms with Crippen LogP contribution in [0.4, 0.5) is 0 Å². The molecule has 1 aromatic heterocycles. The van der Waals surface area contributed by atoms with Gasteiger partial charge in [-0.3, -0.25) is 23.9 Å². The summed E-state index contributed by atoms with van der Waals surface area (Å²) in [4.78, 5) is 54.4. The largest absolute Gasteiger partial charge is 0.493 e. The van der Waals surface area contributed by atoms with E-state index in [0.29, 0.717) is 12.8 Å². The number of nitrogens with zero attached hydrogens (tertiary/aromatic N) is 2. The summed E-state index contributed by atoms with van der Waals surface area (Å²) in [7, 11) is 0. The van der Waals surface area contributed by atoms with Crippen LogP contribution in [-0.4, -0.2) is 62.6 Å². The summed E-state index contributed by atoms with van der Waals surface area (Å²) in [5.41, 5.74) is 10.9. The molecule has 0 fully saturated rings. The number of carboxylic acid groups (broad SMARTS) is 1. The molecule has 0 radical (unpaired) electrons. The van der Waals surface area contributed by atoms with Crippen molar-refractivity contribution in [1.82, 2.24) is 20.2 Å². The molecule has 0 aliphatic carbocycles. The number of aromatic nitrogens is 2. The molecule has 2 rings (SSSR count). The summed E-state index contributed by atoms with van der Waals surface area (Å²) in [5.74, 6) is -3.28. The van der Waals surface area contributed by atoms with Gasteiger partial charge in [-0.2, -0.15) is 0 Å². The number of aliphatic imine (C=N–C) groups is 1. The summed E-state index contributed by atoms with van der Waals surface area (Å²) in [6.07, 6.45) is 0.561. The molecule has 1 aromatic carbocycles. The minimum Gasteiger partial charge on any atom is -0.493 e. The third-order valence-electron chi connectivity index (χ3n) is 4.80. The van der Waals surface area contributed by atoms with E-state index in [1.54, 1.807) is 0 Å². The van der Waals surface area contributed by atoms with Crippen molar-refractivity contribution in [1.29, 1.82) is 0 Å². The minimum atomic E-state index is -1.35. The summed E-state index contributed by atoms with van der Waals surface area (Å²) < 4.78 is 0.788. The highest BCUT2D eigenvalue weighted by molar-refractivity contribution is 5.90. The quantitative estimate of drug-likeness (QED) is 0.101. The second kappa shape index (κ2) is 12.7. The predicted molar refractivity (Wildman–Crippen MR) is 123 cm³/mol. The van der Waals surface area contributed by atoms with Crippen molar-refractivity contribution in [2.45, 2.75) is 38.3 Å². The van der Waals surface area contributed by atoms with Crippen LogP contribution >= 0.6 is 0 Å². The van der Waals surface area contributed by atoms with Crippen molar-refractivity contribution >= 4 is 23.7 Å². The summed E-state index contributed by atoms with van der Waals surface area (Å²) in [5, 5.41) is 24.3. The van der Waals surface area contributed by atoms with Crippen molar-refractivity contribution in [3.63, 3.8) is 0 Å². The molecule has 0 unspecified atom stereocenters. The van der Waals surface area contributed by atoms with Crippen LogP contribution in [0.3, 0.4) is 0 Å². The molecule has 0 saturated heterocycles. The number of carbonyl (C=O) groups is 3. The number of carbonyl (C=O) groups excluding carboxylic acids is 2. The Bertz CT molecular complexity index is 1070. The number of benzene rings is 1. The first kappa shape index (κ1) is 26.0. The maximum absolute atomic E-state index is 12.4. The number of H-pyrrole nitrogens is 1. The Morgan fingerprint density at radius 3 is 2.50 bits per heavy atom. The molecule has 13 heteroatoms.